The Morgan fingerprint density at radius 2 is 2.10 bits per heavy atom. The highest BCUT2D eigenvalue weighted by molar-refractivity contribution is 8.00. The molecule has 5 nitrogen and oxygen atoms in total. The van der Waals surface area contributed by atoms with Crippen LogP contribution < -0.4 is 5.73 Å². The zero-order valence-electron chi connectivity index (χ0n) is 11.7. The van der Waals surface area contributed by atoms with E-state index in [4.69, 9.17) is 5.73 Å². The number of thioether (sulfide) groups is 1. The van der Waals surface area contributed by atoms with E-state index in [2.05, 4.69) is 5.10 Å². The van der Waals surface area contributed by atoms with Gasteiger partial charge in [0.05, 0.1) is 11.3 Å². The number of nitrogen functional groups attached to an aromatic ring is 1. The summed E-state index contributed by atoms with van der Waals surface area (Å²) in [6.45, 7) is 1.70. The monoisotopic (exact) mass is 294 g/mol. The fourth-order valence-corrected chi connectivity index (χ4v) is 4.33. The lowest BCUT2D eigenvalue weighted by atomic mass is 10.0. The van der Waals surface area contributed by atoms with Gasteiger partial charge in [-0.25, -0.2) is 0 Å². The quantitative estimate of drug-likeness (QED) is 0.905. The molecule has 0 saturated carbocycles. The first-order valence-electron chi connectivity index (χ1n) is 7.45. The van der Waals surface area contributed by atoms with Gasteiger partial charge in [-0.15, -0.1) is 11.8 Å². The van der Waals surface area contributed by atoms with Gasteiger partial charge >= 0.3 is 0 Å². The van der Waals surface area contributed by atoms with E-state index in [1.54, 1.807) is 0 Å². The Hall–Kier alpha value is -1.17. The Morgan fingerprint density at radius 3 is 2.70 bits per heavy atom. The number of hydrogen-bond acceptors (Lipinski definition) is 4. The number of amides is 1. The van der Waals surface area contributed by atoms with E-state index in [0.29, 0.717) is 17.8 Å². The second kappa shape index (κ2) is 6.08. The molecule has 2 aliphatic heterocycles. The molecule has 1 aromatic rings. The van der Waals surface area contributed by atoms with Crippen molar-refractivity contribution in [1.29, 1.82) is 0 Å². The molecule has 1 atom stereocenters. The standard InChI is InChI=1S/C14H22N4OS/c15-13-6-9-18(16-13)11-4-7-17(8-5-11)14(19)12-3-1-2-10-20-12/h6,9,11-12H,1-5,7-8,10H2,(H2,15,16). The summed E-state index contributed by atoms with van der Waals surface area (Å²) < 4.78 is 1.95. The Bertz CT molecular complexity index is 461. The predicted molar refractivity (Wildman–Crippen MR) is 81.6 cm³/mol. The number of aromatic nitrogens is 2. The van der Waals surface area contributed by atoms with E-state index in [1.807, 2.05) is 33.6 Å². The summed E-state index contributed by atoms with van der Waals surface area (Å²) in [5.41, 5.74) is 5.66. The molecule has 6 heteroatoms. The lowest BCUT2D eigenvalue weighted by Crippen LogP contribution is -2.43. The van der Waals surface area contributed by atoms with Crippen LogP contribution in [0.3, 0.4) is 0 Å². The van der Waals surface area contributed by atoms with Gasteiger partial charge in [-0.3, -0.25) is 9.48 Å². The summed E-state index contributed by atoms with van der Waals surface area (Å²) in [7, 11) is 0. The number of carbonyl (C=O) groups excluding carboxylic acids is 1. The Balaban J connectivity index is 1.54. The van der Waals surface area contributed by atoms with Gasteiger partial charge in [-0.2, -0.15) is 5.10 Å². The van der Waals surface area contributed by atoms with Crippen LogP contribution in [0.5, 0.6) is 0 Å². The van der Waals surface area contributed by atoms with Crippen LogP contribution in [0, 0.1) is 0 Å². The first-order chi connectivity index (χ1) is 9.74. The van der Waals surface area contributed by atoms with Crippen LogP contribution in [-0.2, 0) is 4.79 Å². The Kier molecular flexibility index (Phi) is 4.19. The highest BCUT2D eigenvalue weighted by Crippen LogP contribution is 2.29. The first-order valence-corrected chi connectivity index (χ1v) is 8.50. The molecule has 0 aromatic carbocycles. The number of hydrogen-bond donors (Lipinski definition) is 1. The molecule has 2 aliphatic rings. The van der Waals surface area contributed by atoms with Crippen LogP contribution in [0.2, 0.25) is 0 Å². The number of nitrogens with zero attached hydrogens (tertiary/aromatic N) is 3. The van der Waals surface area contributed by atoms with E-state index in [0.717, 1.165) is 38.1 Å². The van der Waals surface area contributed by atoms with E-state index in [1.165, 1.54) is 12.8 Å². The molecule has 110 valence electrons. The van der Waals surface area contributed by atoms with Crippen LogP contribution >= 0.6 is 11.8 Å². The number of anilines is 1. The second-order valence-electron chi connectivity index (χ2n) is 5.63. The van der Waals surface area contributed by atoms with Gasteiger partial charge in [0.2, 0.25) is 5.91 Å². The molecule has 0 aliphatic carbocycles. The van der Waals surface area contributed by atoms with Crippen molar-refractivity contribution in [3.8, 4) is 0 Å². The first kappa shape index (κ1) is 13.8. The number of likely N-dealkylation sites (tertiary alicyclic amines) is 1. The normalized spacial score (nSPS) is 24.8. The van der Waals surface area contributed by atoms with Gasteiger partial charge in [0, 0.05) is 19.3 Å². The predicted octanol–water partition coefficient (Wildman–Crippen LogP) is 1.91. The van der Waals surface area contributed by atoms with Crippen molar-refractivity contribution >= 4 is 23.5 Å². The molecule has 20 heavy (non-hydrogen) atoms. The molecule has 1 unspecified atom stereocenters. The van der Waals surface area contributed by atoms with Gasteiger partial charge in [0.15, 0.2) is 0 Å². The Labute approximate surface area is 123 Å². The summed E-state index contributed by atoms with van der Waals surface area (Å²) in [5.74, 6) is 2.06. The van der Waals surface area contributed by atoms with Gasteiger partial charge in [0.25, 0.3) is 0 Å². The second-order valence-corrected chi connectivity index (χ2v) is 6.94. The number of nitrogens with two attached hydrogens (primary N) is 1. The van der Waals surface area contributed by atoms with Crippen LogP contribution in [0.4, 0.5) is 5.82 Å². The molecule has 0 radical (unpaired) electrons. The third-order valence-electron chi connectivity index (χ3n) is 4.23. The molecule has 3 rings (SSSR count). The minimum Gasteiger partial charge on any atom is -0.382 e. The summed E-state index contributed by atoms with van der Waals surface area (Å²) in [4.78, 5) is 14.5. The maximum atomic E-state index is 12.5. The molecule has 0 bridgehead atoms. The third-order valence-corrected chi connectivity index (χ3v) is 5.60. The van der Waals surface area contributed by atoms with Crippen LogP contribution in [0.15, 0.2) is 12.3 Å². The SMILES string of the molecule is Nc1ccn(C2CCN(C(=O)C3CCCCS3)CC2)n1. The van der Waals surface area contributed by atoms with Gasteiger partial charge in [-0.05, 0) is 37.5 Å². The van der Waals surface area contributed by atoms with E-state index in [-0.39, 0.29) is 5.25 Å². The van der Waals surface area contributed by atoms with Gasteiger partial charge < -0.3 is 10.6 Å². The summed E-state index contributed by atoms with van der Waals surface area (Å²) in [5, 5.41) is 4.49. The molecule has 2 saturated heterocycles. The van der Waals surface area contributed by atoms with E-state index >= 15 is 0 Å². The van der Waals surface area contributed by atoms with Crippen molar-refractivity contribution in [1.82, 2.24) is 14.7 Å². The summed E-state index contributed by atoms with van der Waals surface area (Å²) in [6, 6.07) is 2.21. The molecule has 3 heterocycles. The van der Waals surface area contributed by atoms with Gasteiger partial charge in [-0.1, -0.05) is 6.42 Å². The fraction of sp³-hybridized carbons (Fsp3) is 0.714. The van der Waals surface area contributed by atoms with Crippen molar-refractivity contribution in [3.05, 3.63) is 12.3 Å². The highest BCUT2D eigenvalue weighted by atomic mass is 32.2. The summed E-state index contributed by atoms with van der Waals surface area (Å²) >= 11 is 1.84. The fourth-order valence-electron chi connectivity index (χ4n) is 3.05. The van der Waals surface area contributed by atoms with Crippen molar-refractivity contribution in [3.63, 3.8) is 0 Å². The van der Waals surface area contributed by atoms with E-state index < -0.39 is 0 Å². The largest absolute Gasteiger partial charge is 0.382 e. The average molecular weight is 294 g/mol. The van der Waals surface area contributed by atoms with E-state index in [9.17, 15) is 4.79 Å². The molecular weight excluding hydrogens is 272 g/mol. The maximum Gasteiger partial charge on any atom is 0.235 e. The smallest absolute Gasteiger partial charge is 0.235 e. The number of rotatable bonds is 2. The zero-order valence-corrected chi connectivity index (χ0v) is 12.5. The topological polar surface area (TPSA) is 64.2 Å². The lowest BCUT2D eigenvalue weighted by molar-refractivity contribution is -0.132. The van der Waals surface area contributed by atoms with Gasteiger partial charge in [0.1, 0.15) is 5.82 Å². The molecule has 2 fully saturated rings. The Morgan fingerprint density at radius 1 is 1.30 bits per heavy atom. The maximum absolute atomic E-state index is 12.5. The number of carbonyl (C=O) groups is 1. The molecular formula is C14H22N4OS. The minimum atomic E-state index is 0.209. The highest BCUT2D eigenvalue weighted by Gasteiger charge is 2.30. The third kappa shape index (κ3) is 2.95. The van der Waals surface area contributed by atoms with Crippen LogP contribution in [0.1, 0.15) is 38.1 Å². The van der Waals surface area contributed by atoms with Crippen molar-refractivity contribution in [2.24, 2.45) is 0 Å². The molecule has 2 N–H and O–H groups in total. The average Bonchev–Trinajstić information content (AvgIpc) is 2.94. The molecule has 0 spiro atoms. The summed E-state index contributed by atoms with van der Waals surface area (Å²) in [6.07, 6.45) is 7.41. The van der Waals surface area contributed by atoms with Crippen molar-refractivity contribution in [2.45, 2.75) is 43.4 Å². The molecule has 1 aromatic heterocycles. The molecule has 1 amide bonds. The lowest BCUT2D eigenvalue weighted by Gasteiger charge is -2.35. The van der Waals surface area contributed by atoms with Crippen LogP contribution in [-0.4, -0.2) is 44.7 Å². The number of piperidine rings is 1. The van der Waals surface area contributed by atoms with Crippen LogP contribution in [0.25, 0.3) is 0 Å². The minimum absolute atomic E-state index is 0.209. The zero-order chi connectivity index (χ0) is 13.9. The van der Waals surface area contributed by atoms with Crippen molar-refractivity contribution < 1.29 is 4.79 Å². The van der Waals surface area contributed by atoms with Crippen molar-refractivity contribution in [2.75, 3.05) is 24.6 Å².